The van der Waals surface area contributed by atoms with Crippen molar-refractivity contribution in [3.63, 3.8) is 0 Å². The van der Waals surface area contributed by atoms with Crippen LogP contribution in [0.15, 0.2) is 18.5 Å². The Bertz CT molecular complexity index is 939. The third kappa shape index (κ3) is 5.86. The molecule has 1 unspecified atom stereocenters. The van der Waals surface area contributed by atoms with Crippen LogP contribution in [0, 0.1) is 5.92 Å². The Kier molecular flexibility index (Phi) is 6.88. The van der Waals surface area contributed by atoms with Crippen molar-refractivity contribution in [2.24, 2.45) is 5.92 Å². The van der Waals surface area contributed by atoms with E-state index in [0.717, 1.165) is 12.1 Å². The Morgan fingerprint density at radius 2 is 2.03 bits per heavy atom. The van der Waals surface area contributed by atoms with Crippen molar-refractivity contribution in [1.29, 1.82) is 0 Å². The summed E-state index contributed by atoms with van der Waals surface area (Å²) in [6.07, 6.45) is 4.09. The zero-order valence-corrected chi connectivity index (χ0v) is 18.7. The molecule has 2 N–H and O–H groups in total. The van der Waals surface area contributed by atoms with E-state index in [1.807, 2.05) is 25.5 Å². The van der Waals surface area contributed by atoms with Crippen LogP contribution in [0.3, 0.4) is 0 Å². The van der Waals surface area contributed by atoms with Gasteiger partial charge in [-0.2, -0.15) is 5.10 Å². The molecule has 0 spiro atoms. The van der Waals surface area contributed by atoms with Crippen molar-refractivity contribution in [2.45, 2.75) is 52.3 Å². The summed E-state index contributed by atoms with van der Waals surface area (Å²) >= 11 is 12.0. The van der Waals surface area contributed by atoms with E-state index < -0.39 is 11.7 Å². The number of ether oxygens (including phenoxy) is 1. The molecule has 3 heterocycles. The second-order valence-corrected chi connectivity index (χ2v) is 9.05. The third-order valence-corrected chi connectivity index (χ3v) is 5.25. The summed E-state index contributed by atoms with van der Waals surface area (Å²) in [6.45, 7) is 6.87. The molecule has 2 aromatic heterocycles. The van der Waals surface area contributed by atoms with E-state index in [4.69, 9.17) is 27.9 Å². The number of halogens is 2. The van der Waals surface area contributed by atoms with Gasteiger partial charge >= 0.3 is 6.09 Å². The van der Waals surface area contributed by atoms with Crippen LogP contribution in [-0.4, -0.2) is 38.9 Å². The highest BCUT2D eigenvalue weighted by molar-refractivity contribution is 6.32. The molecule has 0 aliphatic carbocycles. The zero-order chi connectivity index (χ0) is 21.9. The van der Waals surface area contributed by atoms with Crippen molar-refractivity contribution >= 4 is 35.2 Å². The highest BCUT2D eigenvalue weighted by atomic mass is 35.5. The fraction of sp³-hybridized carbons (Fsp3) is 0.500. The lowest BCUT2D eigenvalue weighted by Gasteiger charge is -2.25. The van der Waals surface area contributed by atoms with Gasteiger partial charge < -0.3 is 15.4 Å². The van der Waals surface area contributed by atoms with E-state index in [9.17, 15) is 9.59 Å². The van der Waals surface area contributed by atoms with Gasteiger partial charge in [0.05, 0.1) is 22.5 Å². The van der Waals surface area contributed by atoms with E-state index in [0.29, 0.717) is 40.8 Å². The first-order valence-corrected chi connectivity index (χ1v) is 10.5. The van der Waals surface area contributed by atoms with Gasteiger partial charge in [-0.3, -0.25) is 9.48 Å². The predicted molar refractivity (Wildman–Crippen MR) is 114 cm³/mol. The number of fused-ring (bicyclic) bond motifs is 1. The molecule has 30 heavy (non-hydrogen) atoms. The van der Waals surface area contributed by atoms with Gasteiger partial charge in [0.25, 0.3) is 5.91 Å². The highest BCUT2D eigenvalue weighted by Gasteiger charge is 2.26. The summed E-state index contributed by atoms with van der Waals surface area (Å²) in [6, 6.07) is 1.62. The van der Waals surface area contributed by atoms with Gasteiger partial charge in [-0.05, 0) is 51.2 Å². The lowest BCUT2D eigenvalue weighted by molar-refractivity contribution is 0.0516. The van der Waals surface area contributed by atoms with Crippen LogP contribution in [0.5, 0.6) is 0 Å². The molecule has 1 atom stereocenters. The molecule has 0 saturated heterocycles. The molecule has 10 heteroatoms. The summed E-state index contributed by atoms with van der Waals surface area (Å²) in [5, 5.41) is 10.7. The quantitative estimate of drug-likeness (QED) is 0.673. The monoisotopic (exact) mass is 453 g/mol. The van der Waals surface area contributed by atoms with Gasteiger partial charge in [0.2, 0.25) is 0 Å². The molecule has 0 aromatic carbocycles. The van der Waals surface area contributed by atoms with E-state index >= 15 is 0 Å². The lowest BCUT2D eigenvalue weighted by atomic mass is 9.94. The molecule has 0 fully saturated rings. The maximum absolute atomic E-state index is 12.7. The van der Waals surface area contributed by atoms with Gasteiger partial charge in [-0.15, -0.1) is 0 Å². The standard InChI is InChI=1S/C20H25Cl2N5O3/c1-20(2,3)30-19(29)25-8-12-4-5-27-16(6-12)14(10-26-27)18(28)24-9-13-7-17(22)23-11-15(13)21/h7,10-12H,4-6,8-9H2,1-3H3,(H,24,28)(H,25,29). The van der Waals surface area contributed by atoms with E-state index in [-0.39, 0.29) is 18.4 Å². The van der Waals surface area contributed by atoms with Gasteiger partial charge in [0, 0.05) is 25.8 Å². The summed E-state index contributed by atoms with van der Waals surface area (Å²) in [5.74, 6) is -0.0391. The van der Waals surface area contributed by atoms with Crippen LogP contribution < -0.4 is 10.6 Å². The summed E-state index contributed by atoms with van der Waals surface area (Å²) in [4.78, 5) is 28.5. The van der Waals surface area contributed by atoms with Crippen LogP contribution in [0.1, 0.15) is 48.8 Å². The Labute approximate surface area is 185 Å². The molecular formula is C20H25Cl2N5O3. The summed E-state index contributed by atoms with van der Waals surface area (Å²) in [7, 11) is 0. The predicted octanol–water partition coefficient (Wildman–Crippen LogP) is 3.60. The van der Waals surface area contributed by atoms with Crippen molar-refractivity contribution < 1.29 is 14.3 Å². The highest BCUT2D eigenvalue weighted by Crippen LogP contribution is 2.23. The van der Waals surface area contributed by atoms with Gasteiger partial charge in [0.1, 0.15) is 10.8 Å². The fourth-order valence-electron chi connectivity index (χ4n) is 3.26. The van der Waals surface area contributed by atoms with Crippen molar-refractivity contribution in [2.75, 3.05) is 6.54 Å². The molecule has 2 amide bonds. The van der Waals surface area contributed by atoms with E-state index in [1.54, 1.807) is 12.3 Å². The molecule has 2 aromatic rings. The maximum Gasteiger partial charge on any atom is 0.407 e. The van der Waals surface area contributed by atoms with Gasteiger partial charge in [-0.1, -0.05) is 23.2 Å². The lowest BCUT2D eigenvalue weighted by Crippen LogP contribution is -2.37. The van der Waals surface area contributed by atoms with Crippen LogP contribution in [0.25, 0.3) is 0 Å². The van der Waals surface area contributed by atoms with Crippen molar-refractivity contribution in [1.82, 2.24) is 25.4 Å². The van der Waals surface area contributed by atoms with Crippen LogP contribution in [0.2, 0.25) is 10.2 Å². The smallest absolute Gasteiger partial charge is 0.407 e. The number of carbonyl (C=O) groups excluding carboxylic acids is 2. The average molecular weight is 454 g/mol. The molecule has 0 radical (unpaired) electrons. The Morgan fingerprint density at radius 3 is 2.77 bits per heavy atom. The van der Waals surface area contributed by atoms with E-state index in [1.165, 1.54) is 6.20 Å². The molecule has 1 aliphatic heterocycles. The number of nitrogens with one attached hydrogen (secondary N) is 2. The Balaban J connectivity index is 1.59. The number of aromatic nitrogens is 3. The molecule has 0 saturated carbocycles. The number of hydrogen-bond acceptors (Lipinski definition) is 5. The van der Waals surface area contributed by atoms with Crippen molar-refractivity contribution in [3.8, 4) is 0 Å². The number of hydrogen-bond donors (Lipinski definition) is 2. The zero-order valence-electron chi connectivity index (χ0n) is 17.2. The second kappa shape index (κ2) is 9.22. The first kappa shape index (κ1) is 22.4. The van der Waals surface area contributed by atoms with Gasteiger partial charge in [-0.25, -0.2) is 9.78 Å². The Hall–Kier alpha value is -2.32. The summed E-state index contributed by atoms with van der Waals surface area (Å²) in [5.41, 5.74) is 1.52. The first-order chi connectivity index (χ1) is 14.1. The first-order valence-electron chi connectivity index (χ1n) is 9.72. The molecule has 8 nitrogen and oxygen atoms in total. The van der Waals surface area contributed by atoms with Crippen LogP contribution >= 0.6 is 23.2 Å². The van der Waals surface area contributed by atoms with Gasteiger partial charge in [0.15, 0.2) is 0 Å². The molecule has 162 valence electrons. The normalized spacial score (nSPS) is 16.0. The maximum atomic E-state index is 12.7. The average Bonchev–Trinajstić information content (AvgIpc) is 3.09. The topological polar surface area (TPSA) is 98.1 Å². The third-order valence-electron chi connectivity index (χ3n) is 4.70. The molecule has 1 aliphatic rings. The SMILES string of the molecule is CC(C)(C)OC(=O)NCC1CCn2ncc(C(=O)NCc3cc(Cl)ncc3Cl)c2C1. The molecule has 3 rings (SSSR count). The second-order valence-electron chi connectivity index (χ2n) is 8.25. The Morgan fingerprint density at radius 1 is 1.27 bits per heavy atom. The number of nitrogens with zero attached hydrogens (tertiary/aromatic N) is 3. The number of rotatable bonds is 5. The number of carbonyl (C=O) groups is 2. The molecular weight excluding hydrogens is 429 g/mol. The number of alkyl carbamates (subject to hydrolysis) is 1. The minimum Gasteiger partial charge on any atom is -0.444 e. The van der Waals surface area contributed by atoms with E-state index in [2.05, 4.69) is 20.7 Å². The number of pyridine rings is 1. The van der Waals surface area contributed by atoms with Crippen LogP contribution in [-0.2, 0) is 24.2 Å². The summed E-state index contributed by atoms with van der Waals surface area (Å²) < 4.78 is 7.12. The largest absolute Gasteiger partial charge is 0.444 e. The molecule has 0 bridgehead atoms. The number of amides is 2. The van der Waals surface area contributed by atoms with Crippen LogP contribution in [0.4, 0.5) is 4.79 Å². The minimum atomic E-state index is -0.539. The fourth-order valence-corrected chi connectivity index (χ4v) is 3.61. The van der Waals surface area contributed by atoms with Crippen molar-refractivity contribution in [3.05, 3.63) is 45.5 Å². The number of aryl methyl sites for hydroxylation is 1. The minimum absolute atomic E-state index is 0.196.